The predicted molar refractivity (Wildman–Crippen MR) is 94.0 cm³/mol. The second kappa shape index (κ2) is 7.70. The van der Waals surface area contributed by atoms with E-state index in [2.05, 4.69) is 10.3 Å². The maximum Gasteiger partial charge on any atom is 0.306 e. The Labute approximate surface area is 143 Å². The van der Waals surface area contributed by atoms with Crippen LogP contribution in [0.4, 0.5) is 5.69 Å². The standard InChI is InChI=1S/C18H16N2O3S/c21-17(11-23-18(22)7-6-13-8-10-24-12-13)20-16-5-1-4-15-14(16)3-2-9-19-15/h1-5,8-10,12H,6-7,11H2,(H,20,21). The fourth-order valence-corrected chi connectivity index (χ4v) is 3.00. The summed E-state index contributed by atoms with van der Waals surface area (Å²) in [5.74, 6) is -0.744. The molecule has 0 saturated carbocycles. The van der Waals surface area contributed by atoms with Crippen molar-refractivity contribution in [2.45, 2.75) is 12.8 Å². The van der Waals surface area contributed by atoms with Gasteiger partial charge in [-0.3, -0.25) is 14.6 Å². The summed E-state index contributed by atoms with van der Waals surface area (Å²) >= 11 is 1.59. The number of aromatic nitrogens is 1. The molecule has 0 bridgehead atoms. The number of thiophene rings is 1. The fourth-order valence-electron chi connectivity index (χ4n) is 2.30. The second-order valence-corrected chi connectivity index (χ2v) is 6.00. The van der Waals surface area contributed by atoms with Gasteiger partial charge >= 0.3 is 5.97 Å². The van der Waals surface area contributed by atoms with Crippen LogP contribution in [0.15, 0.2) is 53.4 Å². The zero-order valence-electron chi connectivity index (χ0n) is 12.9. The van der Waals surface area contributed by atoms with Crippen molar-refractivity contribution in [1.82, 2.24) is 4.98 Å². The minimum Gasteiger partial charge on any atom is -0.456 e. The van der Waals surface area contributed by atoms with Crippen molar-refractivity contribution in [3.63, 3.8) is 0 Å². The number of esters is 1. The summed E-state index contributed by atoms with van der Waals surface area (Å²) in [7, 11) is 0. The van der Waals surface area contributed by atoms with Crippen LogP contribution in [0.25, 0.3) is 10.9 Å². The Morgan fingerprint density at radius 3 is 2.92 bits per heavy atom. The van der Waals surface area contributed by atoms with E-state index in [9.17, 15) is 9.59 Å². The Kier molecular flexibility index (Phi) is 5.18. The lowest BCUT2D eigenvalue weighted by Gasteiger charge is -2.09. The van der Waals surface area contributed by atoms with Gasteiger partial charge in [0.2, 0.25) is 0 Å². The number of rotatable bonds is 6. The van der Waals surface area contributed by atoms with Crippen LogP contribution in [0, 0.1) is 0 Å². The number of ether oxygens (including phenoxy) is 1. The summed E-state index contributed by atoms with van der Waals surface area (Å²) in [5, 5.41) is 7.56. The molecule has 1 amide bonds. The average Bonchev–Trinajstić information content (AvgIpc) is 3.12. The number of aryl methyl sites for hydroxylation is 1. The maximum absolute atomic E-state index is 12.0. The van der Waals surface area contributed by atoms with E-state index in [1.165, 1.54) is 0 Å². The van der Waals surface area contributed by atoms with Crippen LogP contribution in [0.5, 0.6) is 0 Å². The second-order valence-electron chi connectivity index (χ2n) is 5.22. The Bertz CT molecular complexity index is 841. The molecule has 5 nitrogen and oxygen atoms in total. The highest BCUT2D eigenvalue weighted by molar-refractivity contribution is 7.07. The molecule has 0 saturated heterocycles. The molecule has 3 aromatic rings. The Balaban J connectivity index is 1.51. The minimum absolute atomic E-state index is 0.266. The molecule has 24 heavy (non-hydrogen) atoms. The number of carbonyl (C=O) groups excluding carboxylic acids is 2. The van der Waals surface area contributed by atoms with Gasteiger partial charge in [0.15, 0.2) is 6.61 Å². The smallest absolute Gasteiger partial charge is 0.306 e. The van der Waals surface area contributed by atoms with Crippen LogP contribution in [0.3, 0.4) is 0 Å². The van der Waals surface area contributed by atoms with Crippen LogP contribution in [-0.4, -0.2) is 23.5 Å². The number of fused-ring (bicyclic) bond motifs is 1. The van der Waals surface area contributed by atoms with Gasteiger partial charge in [0.1, 0.15) is 0 Å². The molecule has 2 heterocycles. The monoisotopic (exact) mass is 340 g/mol. The third-order valence-corrected chi connectivity index (χ3v) is 4.21. The predicted octanol–water partition coefficient (Wildman–Crippen LogP) is 3.41. The highest BCUT2D eigenvalue weighted by Gasteiger charge is 2.10. The number of hydrogen-bond acceptors (Lipinski definition) is 5. The van der Waals surface area contributed by atoms with E-state index in [-0.39, 0.29) is 24.9 Å². The van der Waals surface area contributed by atoms with Gasteiger partial charge in [-0.2, -0.15) is 11.3 Å². The van der Waals surface area contributed by atoms with Gasteiger partial charge in [0.25, 0.3) is 5.91 Å². The van der Waals surface area contributed by atoms with Crippen LogP contribution in [0.2, 0.25) is 0 Å². The molecular formula is C18H16N2O3S. The lowest BCUT2D eigenvalue weighted by Crippen LogP contribution is -2.21. The number of anilines is 1. The molecule has 2 aromatic heterocycles. The van der Waals surface area contributed by atoms with Gasteiger partial charge in [-0.1, -0.05) is 6.07 Å². The van der Waals surface area contributed by atoms with Crippen molar-refractivity contribution in [1.29, 1.82) is 0 Å². The normalized spacial score (nSPS) is 10.5. The number of carbonyl (C=O) groups is 2. The van der Waals surface area contributed by atoms with E-state index < -0.39 is 0 Å². The van der Waals surface area contributed by atoms with Gasteiger partial charge in [0, 0.05) is 18.0 Å². The Morgan fingerprint density at radius 1 is 1.17 bits per heavy atom. The van der Waals surface area contributed by atoms with E-state index >= 15 is 0 Å². The molecule has 0 aliphatic heterocycles. The Hall–Kier alpha value is -2.73. The molecule has 0 radical (unpaired) electrons. The van der Waals surface area contributed by atoms with Crippen molar-refractivity contribution in [3.8, 4) is 0 Å². The van der Waals surface area contributed by atoms with E-state index in [4.69, 9.17) is 4.74 Å². The van der Waals surface area contributed by atoms with Gasteiger partial charge in [0.05, 0.1) is 11.2 Å². The largest absolute Gasteiger partial charge is 0.456 e. The number of nitrogens with zero attached hydrogens (tertiary/aromatic N) is 1. The number of benzene rings is 1. The van der Waals surface area contributed by atoms with Gasteiger partial charge in [-0.05, 0) is 53.1 Å². The van der Waals surface area contributed by atoms with Crippen LogP contribution >= 0.6 is 11.3 Å². The first kappa shape index (κ1) is 16.1. The fraction of sp³-hybridized carbons (Fsp3) is 0.167. The molecular weight excluding hydrogens is 324 g/mol. The van der Waals surface area contributed by atoms with Crippen molar-refractivity contribution < 1.29 is 14.3 Å². The number of pyridine rings is 1. The molecule has 6 heteroatoms. The average molecular weight is 340 g/mol. The summed E-state index contributed by atoms with van der Waals surface area (Å²) < 4.78 is 5.02. The summed E-state index contributed by atoms with van der Waals surface area (Å²) in [6.45, 7) is -0.293. The molecule has 0 unspecified atom stereocenters. The van der Waals surface area contributed by atoms with Crippen molar-refractivity contribution in [2.24, 2.45) is 0 Å². The van der Waals surface area contributed by atoms with E-state index in [1.54, 1.807) is 23.6 Å². The molecule has 0 atom stereocenters. The number of amides is 1. The molecule has 0 aliphatic rings. The van der Waals surface area contributed by atoms with Crippen molar-refractivity contribution in [2.75, 3.05) is 11.9 Å². The quantitative estimate of drug-likeness (QED) is 0.698. The molecule has 0 spiro atoms. The lowest BCUT2D eigenvalue weighted by atomic mass is 10.2. The van der Waals surface area contributed by atoms with Gasteiger partial charge < -0.3 is 10.1 Å². The van der Waals surface area contributed by atoms with E-state index in [0.29, 0.717) is 12.1 Å². The Morgan fingerprint density at radius 2 is 2.08 bits per heavy atom. The lowest BCUT2D eigenvalue weighted by molar-refractivity contribution is -0.147. The van der Waals surface area contributed by atoms with Crippen LogP contribution < -0.4 is 5.32 Å². The molecule has 0 fully saturated rings. The third-order valence-electron chi connectivity index (χ3n) is 3.48. The first-order chi connectivity index (χ1) is 11.7. The van der Waals surface area contributed by atoms with Gasteiger partial charge in [-0.25, -0.2) is 0 Å². The zero-order chi connectivity index (χ0) is 16.8. The van der Waals surface area contributed by atoms with Gasteiger partial charge in [-0.15, -0.1) is 0 Å². The zero-order valence-corrected chi connectivity index (χ0v) is 13.7. The SMILES string of the molecule is O=C(COC(=O)CCc1ccsc1)Nc1cccc2ncccc12. The highest BCUT2D eigenvalue weighted by atomic mass is 32.1. The summed E-state index contributed by atoms with van der Waals surface area (Å²) in [5.41, 5.74) is 2.55. The summed E-state index contributed by atoms with van der Waals surface area (Å²) in [6.07, 6.45) is 2.59. The number of hydrogen-bond donors (Lipinski definition) is 1. The van der Waals surface area contributed by atoms with Crippen LogP contribution in [-0.2, 0) is 20.7 Å². The molecule has 0 aliphatic carbocycles. The maximum atomic E-state index is 12.0. The topological polar surface area (TPSA) is 68.3 Å². The van der Waals surface area contributed by atoms with E-state index in [0.717, 1.165) is 16.5 Å². The molecule has 1 aromatic carbocycles. The first-order valence-corrected chi connectivity index (χ1v) is 8.47. The highest BCUT2D eigenvalue weighted by Crippen LogP contribution is 2.21. The summed E-state index contributed by atoms with van der Waals surface area (Å²) in [4.78, 5) is 27.9. The van der Waals surface area contributed by atoms with E-state index in [1.807, 2.05) is 41.1 Å². The van der Waals surface area contributed by atoms with Crippen molar-refractivity contribution in [3.05, 3.63) is 58.9 Å². The first-order valence-electron chi connectivity index (χ1n) is 7.52. The number of nitrogens with one attached hydrogen (secondary N) is 1. The minimum atomic E-state index is -0.379. The summed E-state index contributed by atoms with van der Waals surface area (Å²) in [6, 6.07) is 11.1. The molecule has 1 N–H and O–H groups in total. The molecule has 122 valence electrons. The molecule has 3 rings (SSSR count). The third kappa shape index (κ3) is 4.17. The van der Waals surface area contributed by atoms with Crippen LogP contribution in [0.1, 0.15) is 12.0 Å². The van der Waals surface area contributed by atoms with Crippen molar-refractivity contribution >= 4 is 39.8 Å².